The molecule has 20 heavy (non-hydrogen) atoms. The van der Waals surface area contributed by atoms with Crippen molar-refractivity contribution < 1.29 is 9.59 Å². The number of hydrogen-bond acceptors (Lipinski definition) is 3. The van der Waals surface area contributed by atoms with Gasteiger partial charge < -0.3 is 10.1 Å². The minimum Gasteiger partial charge on any atom is -0.325 e. The van der Waals surface area contributed by atoms with Gasteiger partial charge in [-0.2, -0.15) is 0 Å². The predicted octanol–water partition coefficient (Wildman–Crippen LogP) is 2.30. The van der Waals surface area contributed by atoms with Crippen LogP contribution in [0.4, 0.5) is 5.69 Å². The van der Waals surface area contributed by atoms with E-state index < -0.39 is 0 Å². The molecule has 1 atom stereocenters. The topological polar surface area (TPSA) is 49.4 Å². The maximum Gasteiger partial charge on any atom is 0.238 e. The van der Waals surface area contributed by atoms with Crippen molar-refractivity contribution in [2.45, 2.75) is 39.2 Å². The van der Waals surface area contributed by atoms with Crippen LogP contribution in [0.3, 0.4) is 0 Å². The molecule has 1 aromatic rings. The highest BCUT2D eigenvalue weighted by atomic mass is 16.2. The third-order valence-corrected chi connectivity index (χ3v) is 3.84. The van der Waals surface area contributed by atoms with E-state index in [9.17, 15) is 9.59 Å². The number of benzene rings is 1. The molecule has 2 rings (SSSR count). The third kappa shape index (κ3) is 3.67. The summed E-state index contributed by atoms with van der Waals surface area (Å²) >= 11 is 0. The van der Waals surface area contributed by atoms with E-state index in [1.807, 2.05) is 36.9 Å². The van der Waals surface area contributed by atoms with E-state index in [0.29, 0.717) is 0 Å². The van der Waals surface area contributed by atoms with Crippen LogP contribution in [0.5, 0.6) is 0 Å². The second-order valence-electron chi connectivity index (χ2n) is 5.54. The maximum atomic E-state index is 12.1. The highest BCUT2D eigenvalue weighted by Gasteiger charge is 2.23. The van der Waals surface area contributed by atoms with Gasteiger partial charge >= 0.3 is 0 Å². The van der Waals surface area contributed by atoms with Gasteiger partial charge in [-0.15, -0.1) is 0 Å². The Morgan fingerprint density at radius 3 is 2.95 bits per heavy atom. The molecule has 1 aromatic carbocycles. The van der Waals surface area contributed by atoms with Crippen molar-refractivity contribution in [2.24, 2.45) is 0 Å². The summed E-state index contributed by atoms with van der Waals surface area (Å²) in [6.07, 6.45) is 3.95. The van der Waals surface area contributed by atoms with E-state index in [1.165, 1.54) is 0 Å². The van der Waals surface area contributed by atoms with E-state index in [2.05, 4.69) is 5.32 Å². The number of rotatable bonds is 4. The molecule has 108 valence electrons. The SMILES string of the molecule is Cc1ccc(C)c(NC(=O)CN2CCCCC2C=O)c1. The highest BCUT2D eigenvalue weighted by Crippen LogP contribution is 2.18. The average molecular weight is 274 g/mol. The molecule has 0 spiro atoms. The maximum absolute atomic E-state index is 12.1. The van der Waals surface area contributed by atoms with Gasteiger partial charge in [0.25, 0.3) is 0 Å². The first-order chi connectivity index (χ1) is 9.60. The Kier molecular flexibility index (Phi) is 4.90. The van der Waals surface area contributed by atoms with Crippen LogP contribution in [-0.2, 0) is 9.59 Å². The number of nitrogens with one attached hydrogen (secondary N) is 1. The molecule has 1 saturated heterocycles. The van der Waals surface area contributed by atoms with E-state index in [-0.39, 0.29) is 18.5 Å². The molecule has 1 N–H and O–H groups in total. The van der Waals surface area contributed by atoms with Crippen molar-refractivity contribution in [3.05, 3.63) is 29.3 Å². The van der Waals surface area contributed by atoms with E-state index >= 15 is 0 Å². The molecule has 0 radical (unpaired) electrons. The lowest BCUT2D eigenvalue weighted by molar-refractivity contribution is -0.120. The zero-order valence-electron chi connectivity index (χ0n) is 12.2. The van der Waals surface area contributed by atoms with E-state index in [0.717, 1.165) is 48.9 Å². The number of piperidine rings is 1. The standard InChI is InChI=1S/C16H22N2O2/c1-12-6-7-13(2)15(9-12)17-16(20)10-18-8-4-3-5-14(18)11-19/h6-7,9,11,14H,3-5,8,10H2,1-2H3,(H,17,20). The zero-order chi connectivity index (χ0) is 14.5. The van der Waals surface area contributed by atoms with Crippen LogP contribution in [0, 0.1) is 13.8 Å². The quantitative estimate of drug-likeness (QED) is 0.857. The van der Waals surface area contributed by atoms with Crippen LogP contribution < -0.4 is 5.32 Å². The first-order valence-corrected chi connectivity index (χ1v) is 7.16. The van der Waals surface area contributed by atoms with Gasteiger partial charge in [0, 0.05) is 5.69 Å². The number of carbonyl (C=O) groups excluding carboxylic acids is 2. The van der Waals surface area contributed by atoms with Crippen LogP contribution in [0.25, 0.3) is 0 Å². The fourth-order valence-corrected chi connectivity index (χ4v) is 2.61. The molecule has 1 aliphatic rings. The van der Waals surface area contributed by atoms with Gasteiger partial charge in [0.15, 0.2) is 0 Å². The molecule has 0 aliphatic carbocycles. The predicted molar refractivity (Wildman–Crippen MR) is 79.8 cm³/mol. The van der Waals surface area contributed by atoms with Gasteiger partial charge in [0.1, 0.15) is 6.29 Å². The minimum atomic E-state index is -0.104. The third-order valence-electron chi connectivity index (χ3n) is 3.84. The van der Waals surface area contributed by atoms with Gasteiger partial charge in [0.05, 0.1) is 12.6 Å². The second-order valence-corrected chi connectivity index (χ2v) is 5.54. The number of aryl methyl sites for hydroxylation is 2. The Balaban J connectivity index is 1.98. The molecule has 0 saturated carbocycles. The second kappa shape index (κ2) is 6.66. The average Bonchev–Trinajstić information content (AvgIpc) is 2.43. The van der Waals surface area contributed by atoms with Gasteiger partial charge in [-0.25, -0.2) is 0 Å². The molecular weight excluding hydrogens is 252 g/mol. The zero-order valence-corrected chi connectivity index (χ0v) is 12.2. The molecule has 1 unspecified atom stereocenters. The number of amides is 1. The van der Waals surface area contributed by atoms with Crippen molar-refractivity contribution in [1.29, 1.82) is 0 Å². The number of nitrogens with zero attached hydrogens (tertiary/aromatic N) is 1. The van der Waals surface area contributed by atoms with Gasteiger partial charge in [-0.1, -0.05) is 18.6 Å². The van der Waals surface area contributed by atoms with Crippen molar-refractivity contribution in [3.8, 4) is 0 Å². The fourth-order valence-electron chi connectivity index (χ4n) is 2.61. The Morgan fingerprint density at radius 1 is 1.40 bits per heavy atom. The summed E-state index contributed by atoms with van der Waals surface area (Å²) in [5.74, 6) is -0.0487. The molecule has 1 amide bonds. The summed E-state index contributed by atoms with van der Waals surface area (Å²) < 4.78 is 0. The van der Waals surface area contributed by atoms with Crippen molar-refractivity contribution in [1.82, 2.24) is 4.90 Å². The van der Waals surface area contributed by atoms with Crippen LogP contribution in [-0.4, -0.2) is 36.2 Å². The summed E-state index contributed by atoms with van der Waals surface area (Å²) in [5, 5.41) is 2.95. The first-order valence-electron chi connectivity index (χ1n) is 7.16. The van der Waals surface area contributed by atoms with Crippen molar-refractivity contribution in [2.75, 3.05) is 18.4 Å². The number of carbonyl (C=O) groups is 2. The highest BCUT2D eigenvalue weighted by molar-refractivity contribution is 5.93. The molecule has 0 aromatic heterocycles. The lowest BCUT2D eigenvalue weighted by Crippen LogP contribution is -2.44. The molecule has 4 heteroatoms. The minimum absolute atomic E-state index is 0.0487. The van der Waals surface area contributed by atoms with Gasteiger partial charge in [0.2, 0.25) is 5.91 Å². The number of hydrogen-bond donors (Lipinski definition) is 1. The van der Waals surface area contributed by atoms with Gasteiger partial charge in [-0.3, -0.25) is 9.69 Å². The summed E-state index contributed by atoms with van der Waals surface area (Å²) in [7, 11) is 0. The lowest BCUT2D eigenvalue weighted by atomic mass is 10.0. The van der Waals surface area contributed by atoms with Gasteiger partial charge in [-0.05, 0) is 50.4 Å². The van der Waals surface area contributed by atoms with Crippen LogP contribution >= 0.6 is 0 Å². The Bertz CT molecular complexity index is 499. The Hall–Kier alpha value is -1.68. The summed E-state index contributed by atoms with van der Waals surface area (Å²) in [4.78, 5) is 25.1. The van der Waals surface area contributed by atoms with E-state index in [1.54, 1.807) is 0 Å². The molecule has 0 bridgehead atoms. The lowest BCUT2D eigenvalue weighted by Gasteiger charge is -2.31. The molecule has 1 fully saturated rings. The molecule has 1 heterocycles. The number of aldehydes is 1. The Labute approximate surface area is 120 Å². The molecular formula is C16H22N2O2. The molecule has 4 nitrogen and oxygen atoms in total. The fraction of sp³-hybridized carbons (Fsp3) is 0.500. The number of anilines is 1. The summed E-state index contributed by atoms with van der Waals surface area (Å²) in [6, 6.07) is 5.90. The van der Waals surface area contributed by atoms with Crippen LogP contribution in [0.15, 0.2) is 18.2 Å². The first kappa shape index (κ1) is 14.7. The smallest absolute Gasteiger partial charge is 0.238 e. The van der Waals surface area contributed by atoms with Crippen LogP contribution in [0.2, 0.25) is 0 Å². The summed E-state index contributed by atoms with van der Waals surface area (Å²) in [6.45, 7) is 5.09. The molecule has 1 aliphatic heterocycles. The van der Waals surface area contributed by atoms with Crippen LogP contribution in [0.1, 0.15) is 30.4 Å². The summed E-state index contributed by atoms with van der Waals surface area (Å²) in [5.41, 5.74) is 3.03. The van der Waals surface area contributed by atoms with Crippen molar-refractivity contribution in [3.63, 3.8) is 0 Å². The largest absolute Gasteiger partial charge is 0.325 e. The van der Waals surface area contributed by atoms with Crippen molar-refractivity contribution >= 4 is 17.9 Å². The Morgan fingerprint density at radius 2 is 2.20 bits per heavy atom. The number of likely N-dealkylation sites (tertiary alicyclic amines) is 1. The monoisotopic (exact) mass is 274 g/mol. The van der Waals surface area contributed by atoms with E-state index in [4.69, 9.17) is 0 Å². The normalized spacial score (nSPS) is 19.6.